The summed E-state index contributed by atoms with van der Waals surface area (Å²) >= 11 is 10.9. The van der Waals surface area contributed by atoms with Crippen molar-refractivity contribution in [1.29, 1.82) is 0 Å². The summed E-state index contributed by atoms with van der Waals surface area (Å²) in [5.74, 6) is -0.512. The van der Waals surface area contributed by atoms with E-state index in [1.54, 1.807) is 23.6 Å². The number of thiazole rings is 1. The van der Waals surface area contributed by atoms with Crippen molar-refractivity contribution in [2.24, 2.45) is 4.99 Å². The average Bonchev–Trinajstić information content (AvgIpc) is 3.20. The van der Waals surface area contributed by atoms with E-state index < -0.39 is 12.0 Å². The molecule has 5 rings (SSSR count). The molecule has 0 fully saturated rings. The van der Waals surface area contributed by atoms with Gasteiger partial charge in [-0.1, -0.05) is 93.5 Å². The van der Waals surface area contributed by atoms with E-state index in [4.69, 9.17) is 21.3 Å². The van der Waals surface area contributed by atoms with E-state index in [1.807, 2.05) is 72.8 Å². The maximum atomic E-state index is 13.8. The third-order valence-electron chi connectivity index (χ3n) is 5.73. The molecule has 0 spiro atoms. The van der Waals surface area contributed by atoms with Gasteiger partial charge in [0.15, 0.2) is 4.80 Å². The molecular weight excluding hydrogens is 560 g/mol. The minimum Gasteiger partial charge on any atom is -0.463 e. The first-order chi connectivity index (χ1) is 17.5. The van der Waals surface area contributed by atoms with E-state index in [-0.39, 0.29) is 12.2 Å². The molecule has 1 aromatic heterocycles. The Morgan fingerprint density at radius 2 is 1.78 bits per heavy atom. The molecule has 180 valence electrons. The lowest BCUT2D eigenvalue weighted by Gasteiger charge is -2.25. The lowest BCUT2D eigenvalue weighted by Crippen LogP contribution is -2.40. The number of carbonyl (C=O) groups is 1. The fourth-order valence-electron chi connectivity index (χ4n) is 4.11. The first-order valence-electron chi connectivity index (χ1n) is 11.3. The van der Waals surface area contributed by atoms with E-state index in [1.165, 1.54) is 11.3 Å². The van der Waals surface area contributed by atoms with Crippen molar-refractivity contribution in [1.82, 2.24) is 4.57 Å². The Kier molecular flexibility index (Phi) is 7.05. The lowest BCUT2D eigenvalue weighted by atomic mass is 9.93. The largest absolute Gasteiger partial charge is 0.463 e. The lowest BCUT2D eigenvalue weighted by molar-refractivity contribution is -0.138. The molecule has 0 aliphatic carbocycles. The molecule has 36 heavy (non-hydrogen) atoms. The molecule has 8 heteroatoms. The van der Waals surface area contributed by atoms with Gasteiger partial charge < -0.3 is 4.74 Å². The Balaban J connectivity index is 1.82. The van der Waals surface area contributed by atoms with Gasteiger partial charge in [0, 0.05) is 15.1 Å². The van der Waals surface area contributed by atoms with Gasteiger partial charge in [0.25, 0.3) is 5.56 Å². The van der Waals surface area contributed by atoms with Crippen LogP contribution >= 0.6 is 38.9 Å². The van der Waals surface area contributed by atoms with Crippen molar-refractivity contribution in [2.75, 3.05) is 6.61 Å². The Morgan fingerprint density at radius 1 is 1.08 bits per heavy atom. The van der Waals surface area contributed by atoms with Crippen LogP contribution in [0, 0.1) is 0 Å². The van der Waals surface area contributed by atoms with Gasteiger partial charge >= 0.3 is 5.97 Å². The third kappa shape index (κ3) is 4.74. The zero-order valence-corrected chi connectivity index (χ0v) is 22.3. The number of hydrogen-bond acceptors (Lipinski definition) is 5. The van der Waals surface area contributed by atoms with Crippen LogP contribution in [-0.4, -0.2) is 17.1 Å². The molecule has 1 aliphatic heterocycles. The molecule has 0 amide bonds. The van der Waals surface area contributed by atoms with E-state index >= 15 is 0 Å². The zero-order chi connectivity index (χ0) is 25.2. The van der Waals surface area contributed by atoms with E-state index in [9.17, 15) is 9.59 Å². The second-order valence-electron chi connectivity index (χ2n) is 8.03. The minimum atomic E-state index is -0.722. The zero-order valence-electron chi connectivity index (χ0n) is 19.2. The van der Waals surface area contributed by atoms with E-state index in [2.05, 4.69) is 15.9 Å². The van der Waals surface area contributed by atoms with E-state index in [0.717, 1.165) is 21.2 Å². The summed E-state index contributed by atoms with van der Waals surface area (Å²) in [6, 6.07) is 23.6. The molecule has 0 unspecified atom stereocenters. The maximum Gasteiger partial charge on any atom is 0.338 e. The molecule has 1 atom stereocenters. The van der Waals surface area contributed by atoms with Crippen LogP contribution in [0.3, 0.4) is 0 Å². The number of halogens is 2. The van der Waals surface area contributed by atoms with Gasteiger partial charge in [-0.25, -0.2) is 9.79 Å². The van der Waals surface area contributed by atoms with E-state index in [0.29, 0.717) is 25.6 Å². The number of esters is 1. The third-order valence-corrected chi connectivity index (χ3v) is 7.49. The standard InChI is InChI=1S/C28H20BrClN2O3S/c1-2-35-27(34)23-24(18-6-4-3-5-7-18)31-28-32(25(23)19-10-14-21(30)15-11-19)26(33)22(36-28)16-17-8-12-20(29)13-9-17/h3-16,25H,2H2,1H3/b22-16-/t25-/m1/s1. The number of hydrogen-bond donors (Lipinski definition) is 0. The molecule has 2 heterocycles. The summed E-state index contributed by atoms with van der Waals surface area (Å²) in [5, 5.41) is 0.561. The van der Waals surface area contributed by atoms with Crippen LogP contribution in [0.25, 0.3) is 11.8 Å². The van der Waals surface area contributed by atoms with Crippen LogP contribution in [0.5, 0.6) is 0 Å². The molecule has 0 saturated heterocycles. The Morgan fingerprint density at radius 3 is 2.44 bits per heavy atom. The van der Waals surface area contributed by atoms with Crippen molar-refractivity contribution < 1.29 is 9.53 Å². The molecule has 1 aliphatic rings. The summed E-state index contributed by atoms with van der Waals surface area (Å²) in [5.41, 5.74) is 2.97. The number of rotatable bonds is 5. The van der Waals surface area contributed by atoms with Crippen LogP contribution in [-0.2, 0) is 9.53 Å². The van der Waals surface area contributed by atoms with Crippen LogP contribution < -0.4 is 14.9 Å². The van der Waals surface area contributed by atoms with Crippen molar-refractivity contribution in [3.63, 3.8) is 0 Å². The topological polar surface area (TPSA) is 60.7 Å². The number of nitrogens with zero attached hydrogens (tertiary/aromatic N) is 2. The highest BCUT2D eigenvalue weighted by Crippen LogP contribution is 2.35. The van der Waals surface area contributed by atoms with Gasteiger partial charge in [0.2, 0.25) is 0 Å². The molecule has 0 radical (unpaired) electrons. The summed E-state index contributed by atoms with van der Waals surface area (Å²) in [7, 11) is 0. The van der Waals surface area contributed by atoms with Gasteiger partial charge in [0.05, 0.1) is 28.5 Å². The van der Waals surface area contributed by atoms with Crippen LogP contribution in [0.15, 0.2) is 98.7 Å². The highest BCUT2D eigenvalue weighted by molar-refractivity contribution is 9.10. The van der Waals surface area contributed by atoms with Gasteiger partial charge in [0.1, 0.15) is 0 Å². The first kappa shape index (κ1) is 24.4. The fourth-order valence-corrected chi connectivity index (χ4v) is 5.50. The molecular formula is C28H20BrClN2O3S. The van der Waals surface area contributed by atoms with Gasteiger partial charge in [-0.05, 0) is 48.4 Å². The Hall–Kier alpha value is -3.26. The molecule has 0 saturated carbocycles. The molecule has 3 aromatic carbocycles. The normalized spacial score (nSPS) is 15.4. The van der Waals surface area contributed by atoms with Gasteiger partial charge in [-0.15, -0.1) is 0 Å². The Bertz CT molecular complexity index is 1640. The highest BCUT2D eigenvalue weighted by atomic mass is 79.9. The predicted molar refractivity (Wildman–Crippen MR) is 147 cm³/mol. The second kappa shape index (κ2) is 10.4. The Labute approximate surface area is 224 Å². The van der Waals surface area contributed by atoms with Crippen LogP contribution in [0.2, 0.25) is 5.02 Å². The highest BCUT2D eigenvalue weighted by Gasteiger charge is 2.35. The van der Waals surface area contributed by atoms with Gasteiger partial charge in [-0.3, -0.25) is 9.36 Å². The predicted octanol–water partition coefficient (Wildman–Crippen LogP) is 5.35. The minimum absolute atomic E-state index is 0.200. The monoisotopic (exact) mass is 578 g/mol. The quantitative estimate of drug-likeness (QED) is 0.300. The molecule has 0 bridgehead atoms. The van der Waals surface area contributed by atoms with Crippen LogP contribution in [0.4, 0.5) is 0 Å². The maximum absolute atomic E-state index is 13.8. The SMILES string of the molecule is CCOC(=O)C1=C(c2ccccc2)N=c2s/c(=C\c3ccc(Br)cc3)c(=O)n2[C@@H]1c1ccc(Cl)cc1. The number of carbonyl (C=O) groups excluding carboxylic acids is 1. The summed E-state index contributed by atoms with van der Waals surface area (Å²) in [4.78, 5) is 32.5. The number of aromatic nitrogens is 1. The van der Waals surface area contributed by atoms with Crippen molar-refractivity contribution in [3.05, 3.63) is 130 Å². The summed E-state index contributed by atoms with van der Waals surface area (Å²) in [6.45, 7) is 1.96. The first-order valence-corrected chi connectivity index (χ1v) is 13.2. The summed E-state index contributed by atoms with van der Waals surface area (Å²) in [6.07, 6.45) is 1.84. The van der Waals surface area contributed by atoms with Gasteiger partial charge in [-0.2, -0.15) is 0 Å². The second-order valence-corrected chi connectivity index (χ2v) is 10.4. The number of benzene rings is 3. The average molecular weight is 580 g/mol. The molecule has 5 nitrogen and oxygen atoms in total. The molecule has 0 N–H and O–H groups in total. The molecule has 4 aromatic rings. The van der Waals surface area contributed by atoms with Crippen molar-refractivity contribution >= 4 is 56.6 Å². The van der Waals surface area contributed by atoms with Crippen molar-refractivity contribution in [2.45, 2.75) is 13.0 Å². The van der Waals surface area contributed by atoms with Crippen LogP contribution in [0.1, 0.15) is 29.7 Å². The fraction of sp³-hybridized carbons (Fsp3) is 0.107. The number of ether oxygens (including phenoxy) is 1. The smallest absolute Gasteiger partial charge is 0.338 e. The number of fused-ring (bicyclic) bond motifs is 1. The van der Waals surface area contributed by atoms with Crippen molar-refractivity contribution in [3.8, 4) is 0 Å². The summed E-state index contributed by atoms with van der Waals surface area (Å²) < 4.78 is 8.53.